The summed E-state index contributed by atoms with van der Waals surface area (Å²) in [6.07, 6.45) is 9.89. The van der Waals surface area contributed by atoms with Crippen molar-refractivity contribution in [3.63, 3.8) is 0 Å². The number of hydrogen-bond acceptors (Lipinski definition) is 1. The van der Waals surface area contributed by atoms with E-state index in [0.717, 1.165) is 29.2 Å². The van der Waals surface area contributed by atoms with Crippen LogP contribution in [-0.4, -0.2) is 9.13 Å². The Bertz CT molecular complexity index is 3010. The number of hydrogen-bond donors (Lipinski definition) is 0. The Morgan fingerprint density at radius 2 is 1.09 bits per heavy atom. The molecule has 1 aliphatic heterocycles. The van der Waals surface area contributed by atoms with Gasteiger partial charge in [-0.2, -0.15) is 0 Å². The van der Waals surface area contributed by atoms with E-state index in [-0.39, 0.29) is 5.41 Å². The third kappa shape index (κ3) is 5.49. The topological polar surface area (TPSA) is 13.1 Å². The van der Waals surface area contributed by atoms with Crippen LogP contribution in [0, 0.1) is 0 Å². The molecule has 0 amide bonds. The third-order valence-electron chi connectivity index (χ3n) is 12.5. The largest absolute Gasteiger partial charge is 0.311 e. The Kier molecular flexibility index (Phi) is 7.97. The number of nitrogens with zero attached hydrogens (tertiary/aromatic N) is 3. The molecule has 1 unspecified atom stereocenters. The Morgan fingerprint density at radius 3 is 1.74 bits per heavy atom. The van der Waals surface area contributed by atoms with E-state index in [0.29, 0.717) is 5.92 Å². The first-order valence-electron chi connectivity index (χ1n) is 20.4. The van der Waals surface area contributed by atoms with E-state index in [2.05, 4.69) is 234 Å². The summed E-state index contributed by atoms with van der Waals surface area (Å²) in [6.45, 7) is 4.70. The lowest BCUT2D eigenvalue weighted by Gasteiger charge is -2.26. The second-order valence-corrected chi connectivity index (χ2v) is 16.2. The molecular weight excluding hydrogens is 703 g/mol. The van der Waals surface area contributed by atoms with Gasteiger partial charge in [0.2, 0.25) is 0 Å². The van der Waals surface area contributed by atoms with Crippen LogP contribution < -0.4 is 4.90 Å². The minimum Gasteiger partial charge on any atom is -0.311 e. The molecule has 0 saturated carbocycles. The highest BCUT2D eigenvalue weighted by Gasteiger charge is 2.38. The van der Waals surface area contributed by atoms with E-state index in [9.17, 15) is 0 Å². The monoisotopic (exact) mass is 745 g/mol. The number of anilines is 3. The average molecular weight is 746 g/mol. The van der Waals surface area contributed by atoms with Gasteiger partial charge in [-0.3, -0.25) is 9.13 Å². The molecule has 0 spiro atoms. The molecule has 2 aliphatic rings. The van der Waals surface area contributed by atoms with E-state index in [1.165, 1.54) is 66.7 Å². The fourth-order valence-corrected chi connectivity index (χ4v) is 9.41. The number of aromatic nitrogens is 2. The van der Waals surface area contributed by atoms with Crippen LogP contribution in [0.5, 0.6) is 0 Å². The van der Waals surface area contributed by atoms with Crippen LogP contribution >= 0.6 is 0 Å². The summed E-state index contributed by atoms with van der Waals surface area (Å²) in [4.78, 5) is 2.36. The molecule has 9 aromatic rings. The van der Waals surface area contributed by atoms with Crippen molar-refractivity contribution in [3.05, 3.63) is 223 Å². The van der Waals surface area contributed by atoms with Gasteiger partial charge in [0.15, 0.2) is 0 Å². The van der Waals surface area contributed by atoms with E-state index < -0.39 is 0 Å². The Labute approximate surface area is 340 Å². The summed E-state index contributed by atoms with van der Waals surface area (Å²) < 4.78 is 4.95. The van der Waals surface area contributed by atoms with E-state index >= 15 is 0 Å². The second kappa shape index (κ2) is 13.5. The van der Waals surface area contributed by atoms with Crippen LogP contribution in [-0.2, 0) is 5.41 Å². The second-order valence-electron chi connectivity index (χ2n) is 16.2. The summed E-state index contributed by atoms with van der Waals surface area (Å²) in [5.41, 5.74) is 17.0. The maximum atomic E-state index is 2.50. The summed E-state index contributed by atoms with van der Waals surface area (Å²) in [6, 6.07) is 66.8. The first kappa shape index (κ1) is 34.2. The molecule has 0 saturated heterocycles. The highest BCUT2D eigenvalue weighted by Crippen LogP contribution is 2.48. The lowest BCUT2D eigenvalue weighted by atomic mass is 9.83. The molecule has 0 bridgehead atoms. The molecule has 0 fully saturated rings. The maximum Gasteiger partial charge on any atom is 0.130 e. The molecule has 1 atom stereocenters. The van der Waals surface area contributed by atoms with Crippen LogP contribution in [0.2, 0.25) is 0 Å². The van der Waals surface area contributed by atoms with Gasteiger partial charge in [-0.1, -0.05) is 153 Å². The molecule has 3 nitrogen and oxygen atoms in total. The van der Waals surface area contributed by atoms with Gasteiger partial charge < -0.3 is 4.90 Å². The van der Waals surface area contributed by atoms with Gasteiger partial charge in [0.1, 0.15) is 5.65 Å². The van der Waals surface area contributed by atoms with Gasteiger partial charge in [-0.15, -0.1) is 0 Å². The Hall–Kier alpha value is -7.10. The summed E-state index contributed by atoms with van der Waals surface area (Å²) in [5, 5.41) is 2.58. The predicted molar refractivity (Wildman–Crippen MR) is 243 cm³/mol. The van der Waals surface area contributed by atoms with Crippen molar-refractivity contribution < 1.29 is 0 Å². The fourth-order valence-electron chi connectivity index (χ4n) is 9.41. The van der Waals surface area contributed by atoms with Crippen molar-refractivity contribution in [1.82, 2.24) is 9.13 Å². The minimum atomic E-state index is -0.0768. The highest BCUT2D eigenvalue weighted by atomic mass is 15.2. The van der Waals surface area contributed by atoms with Gasteiger partial charge in [-0.25, -0.2) is 0 Å². The van der Waals surface area contributed by atoms with E-state index in [4.69, 9.17) is 0 Å². The van der Waals surface area contributed by atoms with Gasteiger partial charge in [0.05, 0.1) is 11.2 Å². The van der Waals surface area contributed by atoms with Crippen LogP contribution in [0.15, 0.2) is 206 Å². The molecular formula is C55H43N3. The molecule has 2 aromatic heterocycles. The quantitative estimate of drug-likeness (QED) is 0.158. The zero-order valence-electron chi connectivity index (χ0n) is 32.8. The summed E-state index contributed by atoms with van der Waals surface area (Å²) in [5.74, 6) is 0.415. The van der Waals surface area contributed by atoms with Crippen molar-refractivity contribution in [2.24, 2.45) is 0 Å². The molecule has 0 radical (unpaired) electrons. The first-order valence-corrected chi connectivity index (χ1v) is 20.4. The fraction of sp³-hybridized carbons (Fsp3) is 0.0909. The van der Waals surface area contributed by atoms with Gasteiger partial charge in [0, 0.05) is 50.5 Å². The maximum absolute atomic E-state index is 2.50. The smallest absolute Gasteiger partial charge is 0.130 e. The zero-order chi connectivity index (χ0) is 38.8. The number of allylic oxidation sites excluding steroid dienone is 4. The number of benzene rings is 7. The SMILES string of the molecule is CC1(C)c2ccccc2-n2c1cc1c3ccccc3n(-c3ccc(-c4ccc(N(c5ccc(-c6ccccc6)cc5)c5ccc(C6C=CC=CC6)cc5)cc4)cc3)c12. The van der Waals surface area contributed by atoms with Crippen LogP contribution in [0.4, 0.5) is 17.1 Å². The molecule has 11 rings (SSSR count). The molecule has 278 valence electrons. The third-order valence-corrected chi connectivity index (χ3v) is 12.5. The van der Waals surface area contributed by atoms with E-state index in [1.54, 1.807) is 0 Å². The Morgan fingerprint density at radius 1 is 0.517 bits per heavy atom. The van der Waals surface area contributed by atoms with Gasteiger partial charge in [0.25, 0.3) is 0 Å². The molecule has 3 heteroatoms. The van der Waals surface area contributed by atoms with E-state index in [1.807, 2.05) is 0 Å². The van der Waals surface area contributed by atoms with Crippen LogP contribution in [0.1, 0.15) is 43.0 Å². The lowest BCUT2D eigenvalue weighted by Crippen LogP contribution is -2.15. The normalized spacial score (nSPS) is 15.2. The summed E-state index contributed by atoms with van der Waals surface area (Å²) in [7, 11) is 0. The standard InChI is InChI=1S/C55H43N3/c1-55(2)50-18-10-12-20-52(50)58-53(55)37-49-48-17-9-11-19-51(48)57(54(49)58)47-35-27-43(28-36-47)42-25-33-46(34-26-42)56(44-29-21-40(22-30-44)38-13-5-3-6-14-38)45-31-23-41(24-32-45)39-15-7-4-8-16-39/h3-15,17-37,39H,16H2,1-2H3. The van der Waals surface area contributed by atoms with Crippen LogP contribution in [0.3, 0.4) is 0 Å². The average Bonchev–Trinajstić information content (AvgIpc) is 3.90. The first-order chi connectivity index (χ1) is 28.5. The zero-order valence-corrected chi connectivity index (χ0v) is 32.8. The highest BCUT2D eigenvalue weighted by molar-refractivity contribution is 6.10. The van der Waals surface area contributed by atoms with Crippen molar-refractivity contribution >= 4 is 39.0 Å². The van der Waals surface area contributed by atoms with Crippen molar-refractivity contribution in [2.75, 3.05) is 4.90 Å². The minimum absolute atomic E-state index is 0.0768. The molecule has 0 N–H and O–H groups in total. The molecule has 58 heavy (non-hydrogen) atoms. The van der Waals surface area contributed by atoms with Gasteiger partial charge >= 0.3 is 0 Å². The van der Waals surface area contributed by atoms with Crippen molar-refractivity contribution in [2.45, 2.75) is 31.6 Å². The Balaban J connectivity index is 0.949. The van der Waals surface area contributed by atoms with Crippen molar-refractivity contribution in [1.29, 1.82) is 0 Å². The van der Waals surface area contributed by atoms with Crippen molar-refractivity contribution in [3.8, 4) is 33.6 Å². The van der Waals surface area contributed by atoms with Gasteiger partial charge in [-0.05, 0) is 107 Å². The number of para-hydroxylation sites is 2. The lowest BCUT2D eigenvalue weighted by molar-refractivity contribution is 0.644. The molecule has 3 heterocycles. The predicted octanol–water partition coefficient (Wildman–Crippen LogP) is 14.6. The number of fused-ring (bicyclic) bond motifs is 7. The van der Waals surface area contributed by atoms with Crippen LogP contribution in [0.25, 0.3) is 55.6 Å². The summed E-state index contributed by atoms with van der Waals surface area (Å²) >= 11 is 0. The number of rotatable bonds is 7. The molecule has 7 aromatic carbocycles. The molecule has 1 aliphatic carbocycles.